The van der Waals surface area contributed by atoms with Crippen LogP contribution in [0.15, 0.2) is 18.3 Å². The molecule has 0 spiro atoms. The van der Waals surface area contributed by atoms with Crippen LogP contribution in [0.4, 0.5) is 5.69 Å². The Morgan fingerprint density at radius 2 is 2.32 bits per heavy atom. The van der Waals surface area contributed by atoms with Crippen LogP contribution in [0.5, 0.6) is 0 Å². The van der Waals surface area contributed by atoms with Crippen molar-refractivity contribution in [1.29, 1.82) is 0 Å². The first-order valence-corrected chi connectivity index (χ1v) is 7.21. The molecule has 2 rings (SSSR count). The predicted molar refractivity (Wildman–Crippen MR) is 78.4 cm³/mol. The van der Waals surface area contributed by atoms with Gasteiger partial charge in [0.05, 0.1) is 23.7 Å². The van der Waals surface area contributed by atoms with E-state index in [9.17, 15) is 5.11 Å². The van der Waals surface area contributed by atoms with Crippen molar-refractivity contribution in [3.8, 4) is 0 Å². The van der Waals surface area contributed by atoms with E-state index in [1.54, 1.807) is 6.92 Å². The molecule has 4 heteroatoms. The summed E-state index contributed by atoms with van der Waals surface area (Å²) in [5.41, 5.74) is 1.85. The fourth-order valence-electron chi connectivity index (χ4n) is 2.81. The molecular formula is C15H25N3O. The maximum absolute atomic E-state index is 9.47. The number of rotatable bonds is 5. The van der Waals surface area contributed by atoms with Gasteiger partial charge in [0.2, 0.25) is 0 Å². The quantitative estimate of drug-likeness (QED) is 0.882. The normalized spacial score (nSPS) is 21.6. The molecule has 1 aromatic rings. The minimum atomic E-state index is -0.496. The minimum absolute atomic E-state index is 0.496. The van der Waals surface area contributed by atoms with Crippen LogP contribution in [-0.4, -0.2) is 47.7 Å². The van der Waals surface area contributed by atoms with Crippen molar-refractivity contribution in [1.82, 2.24) is 9.88 Å². The van der Waals surface area contributed by atoms with Crippen LogP contribution < -0.4 is 4.90 Å². The van der Waals surface area contributed by atoms with Gasteiger partial charge in [0.25, 0.3) is 0 Å². The fraction of sp³-hybridized carbons (Fsp3) is 0.667. The second-order valence-electron chi connectivity index (χ2n) is 5.42. The van der Waals surface area contributed by atoms with Crippen molar-refractivity contribution < 1.29 is 5.11 Å². The number of aromatic nitrogens is 1. The standard InChI is InChI=1S/C15H25N3O/c1-4-18-9-5-6-14(18)11-17(3)13-7-8-15(12(2)19)16-10-13/h7-8,10,12,14,19H,4-6,9,11H2,1-3H3/t12-,14?/m0/s1. The summed E-state index contributed by atoms with van der Waals surface area (Å²) in [4.78, 5) is 9.12. The molecule has 0 amide bonds. The molecule has 106 valence electrons. The Morgan fingerprint density at radius 3 is 2.89 bits per heavy atom. The maximum Gasteiger partial charge on any atom is 0.0931 e. The van der Waals surface area contributed by atoms with E-state index >= 15 is 0 Å². The molecule has 1 saturated heterocycles. The van der Waals surface area contributed by atoms with Gasteiger partial charge < -0.3 is 10.0 Å². The van der Waals surface area contributed by atoms with Crippen LogP contribution in [0.2, 0.25) is 0 Å². The van der Waals surface area contributed by atoms with E-state index in [2.05, 4.69) is 28.8 Å². The molecule has 1 aromatic heterocycles. The SMILES string of the molecule is CCN1CCCC1CN(C)c1ccc([C@H](C)O)nc1. The number of likely N-dealkylation sites (N-methyl/N-ethyl adjacent to an activating group) is 2. The average molecular weight is 263 g/mol. The zero-order valence-corrected chi connectivity index (χ0v) is 12.2. The Balaban J connectivity index is 1.97. The molecule has 1 unspecified atom stereocenters. The second kappa shape index (κ2) is 6.35. The van der Waals surface area contributed by atoms with E-state index in [1.807, 2.05) is 18.3 Å². The van der Waals surface area contributed by atoms with Gasteiger partial charge >= 0.3 is 0 Å². The first kappa shape index (κ1) is 14.3. The summed E-state index contributed by atoms with van der Waals surface area (Å²) in [5.74, 6) is 0. The Morgan fingerprint density at radius 1 is 1.53 bits per heavy atom. The van der Waals surface area contributed by atoms with Crippen molar-refractivity contribution in [3.63, 3.8) is 0 Å². The molecule has 1 aliphatic rings. The highest BCUT2D eigenvalue weighted by atomic mass is 16.3. The number of hydrogen-bond acceptors (Lipinski definition) is 4. The van der Waals surface area contributed by atoms with Gasteiger partial charge in [-0.1, -0.05) is 6.92 Å². The Labute approximate surface area is 116 Å². The first-order chi connectivity index (χ1) is 9.11. The smallest absolute Gasteiger partial charge is 0.0931 e. The highest BCUT2D eigenvalue weighted by molar-refractivity contribution is 5.44. The molecular weight excluding hydrogens is 238 g/mol. The van der Waals surface area contributed by atoms with Crippen LogP contribution in [0.1, 0.15) is 38.5 Å². The topological polar surface area (TPSA) is 39.6 Å². The van der Waals surface area contributed by atoms with Crippen molar-refractivity contribution in [2.24, 2.45) is 0 Å². The molecule has 1 aliphatic heterocycles. The van der Waals surface area contributed by atoms with E-state index in [1.165, 1.54) is 19.4 Å². The summed E-state index contributed by atoms with van der Waals surface area (Å²) < 4.78 is 0. The van der Waals surface area contributed by atoms with Crippen molar-refractivity contribution in [2.45, 2.75) is 38.8 Å². The number of aliphatic hydroxyl groups is 1. The highest BCUT2D eigenvalue weighted by Crippen LogP contribution is 2.21. The van der Waals surface area contributed by atoms with Gasteiger partial charge in [-0.25, -0.2) is 0 Å². The molecule has 1 N–H and O–H groups in total. The predicted octanol–water partition coefficient (Wildman–Crippen LogP) is 2.06. The molecule has 0 saturated carbocycles. The van der Waals surface area contributed by atoms with Gasteiger partial charge in [0, 0.05) is 19.6 Å². The summed E-state index contributed by atoms with van der Waals surface area (Å²) in [7, 11) is 2.12. The van der Waals surface area contributed by atoms with Gasteiger partial charge in [-0.3, -0.25) is 9.88 Å². The van der Waals surface area contributed by atoms with Crippen molar-refractivity contribution in [3.05, 3.63) is 24.0 Å². The lowest BCUT2D eigenvalue weighted by Crippen LogP contribution is -2.38. The molecule has 0 aliphatic carbocycles. The number of likely N-dealkylation sites (tertiary alicyclic amines) is 1. The maximum atomic E-state index is 9.47. The Kier molecular flexibility index (Phi) is 4.77. The van der Waals surface area contributed by atoms with Crippen LogP contribution >= 0.6 is 0 Å². The van der Waals surface area contributed by atoms with E-state index < -0.39 is 6.10 Å². The first-order valence-electron chi connectivity index (χ1n) is 7.21. The van der Waals surface area contributed by atoms with Gasteiger partial charge in [0.1, 0.15) is 0 Å². The molecule has 4 nitrogen and oxygen atoms in total. The van der Waals surface area contributed by atoms with Gasteiger partial charge in [-0.15, -0.1) is 0 Å². The lowest BCUT2D eigenvalue weighted by Gasteiger charge is -2.28. The summed E-state index contributed by atoms with van der Waals surface area (Å²) in [6, 6.07) is 4.61. The third-order valence-corrected chi connectivity index (χ3v) is 4.03. The highest BCUT2D eigenvalue weighted by Gasteiger charge is 2.24. The lowest BCUT2D eigenvalue weighted by atomic mass is 10.2. The zero-order chi connectivity index (χ0) is 13.8. The molecule has 0 bridgehead atoms. The monoisotopic (exact) mass is 263 g/mol. The van der Waals surface area contributed by atoms with Crippen molar-refractivity contribution in [2.75, 3.05) is 31.6 Å². The number of anilines is 1. The van der Waals surface area contributed by atoms with Gasteiger partial charge in [-0.05, 0) is 45.0 Å². The number of pyridine rings is 1. The largest absolute Gasteiger partial charge is 0.387 e. The lowest BCUT2D eigenvalue weighted by molar-refractivity contribution is 0.194. The molecule has 0 aromatic carbocycles. The van der Waals surface area contributed by atoms with E-state index in [0.717, 1.165) is 24.5 Å². The van der Waals surface area contributed by atoms with E-state index in [-0.39, 0.29) is 0 Å². The zero-order valence-electron chi connectivity index (χ0n) is 12.2. The summed E-state index contributed by atoms with van der Waals surface area (Å²) in [6.45, 7) is 7.39. The van der Waals surface area contributed by atoms with Gasteiger partial charge in [0.15, 0.2) is 0 Å². The minimum Gasteiger partial charge on any atom is -0.387 e. The third kappa shape index (κ3) is 3.45. The van der Waals surface area contributed by atoms with E-state index in [0.29, 0.717) is 6.04 Å². The molecule has 2 heterocycles. The van der Waals surface area contributed by atoms with Crippen LogP contribution in [-0.2, 0) is 0 Å². The van der Waals surface area contributed by atoms with Crippen LogP contribution in [0.25, 0.3) is 0 Å². The van der Waals surface area contributed by atoms with Crippen molar-refractivity contribution >= 4 is 5.69 Å². The second-order valence-corrected chi connectivity index (χ2v) is 5.42. The Bertz CT molecular complexity index is 391. The summed E-state index contributed by atoms with van der Waals surface area (Å²) in [5, 5.41) is 9.47. The number of nitrogens with zero attached hydrogens (tertiary/aromatic N) is 3. The molecule has 19 heavy (non-hydrogen) atoms. The average Bonchev–Trinajstić information content (AvgIpc) is 2.86. The third-order valence-electron chi connectivity index (χ3n) is 4.03. The van der Waals surface area contributed by atoms with Crippen LogP contribution in [0, 0.1) is 0 Å². The fourth-order valence-corrected chi connectivity index (χ4v) is 2.81. The Hall–Kier alpha value is -1.13. The number of hydrogen-bond donors (Lipinski definition) is 1. The number of aliphatic hydroxyl groups excluding tert-OH is 1. The van der Waals surface area contributed by atoms with Crippen LogP contribution in [0.3, 0.4) is 0 Å². The molecule has 0 radical (unpaired) electrons. The van der Waals surface area contributed by atoms with E-state index in [4.69, 9.17) is 0 Å². The summed E-state index contributed by atoms with van der Waals surface area (Å²) >= 11 is 0. The molecule has 2 atom stereocenters. The summed E-state index contributed by atoms with van der Waals surface area (Å²) in [6.07, 6.45) is 3.96. The molecule has 1 fully saturated rings. The van der Waals surface area contributed by atoms with Gasteiger partial charge in [-0.2, -0.15) is 0 Å².